The molecule has 6 aromatic carbocycles. The van der Waals surface area contributed by atoms with Crippen molar-refractivity contribution < 1.29 is 35.9 Å². The van der Waals surface area contributed by atoms with Gasteiger partial charge in [-0.2, -0.15) is 26.3 Å². The highest BCUT2D eigenvalue weighted by Gasteiger charge is 2.41. The van der Waals surface area contributed by atoms with Crippen molar-refractivity contribution in [3.05, 3.63) is 156 Å². The molecule has 0 fully saturated rings. The summed E-state index contributed by atoms with van der Waals surface area (Å²) in [4.78, 5) is 29.1. The van der Waals surface area contributed by atoms with Crippen molar-refractivity contribution in [3.8, 4) is 27.9 Å². The van der Waals surface area contributed by atoms with Crippen LogP contribution in [0.5, 0.6) is 0 Å². The van der Waals surface area contributed by atoms with Crippen LogP contribution in [0.25, 0.3) is 49.7 Å². The number of hydrogen-bond acceptors (Lipinski definition) is 2. The summed E-state index contributed by atoms with van der Waals surface area (Å²) >= 11 is 0. The summed E-state index contributed by atoms with van der Waals surface area (Å²) in [5, 5.41) is 0.852. The number of fused-ring (bicyclic) bond motifs is 4. The summed E-state index contributed by atoms with van der Waals surface area (Å²) in [5.41, 5.74) is 0.560. The van der Waals surface area contributed by atoms with Gasteiger partial charge in [0.25, 0.3) is 11.8 Å². The second kappa shape index (κ2) is 11.2. The molecule has 0 atom stereocenters. The second-order valence-corrected chi connectivity index (χ2v) is 11.9. The van der Waals surface area contributed by atoms with Gasteiger partial charge in [-0.1, -0.05) is 84.9 Å². The minimum Gasteiger partial charge on any atom is -0.308 e. The van der Waals surface area contributed by atoms with E-state index in [1.165, 1.54) is 12.1 Å². The van der Waals surface area contributed by atoms with E-state index < -0.39 is 40.9 Å². The fraction of sp³-hybridized carbons (Fsp3) is 0.0500. The molecule has 0 radical (unpaired) electrons. The van der Waals surface area contributed by atoms with E-state index in [2.05, 4.69) is 0 Å². The molecule has 0 saturated heterocycles. The van der Waals surface area contributed by atoms with Gasteiger partial charge in [-0.3, -0.25) is 9.59 Å². The van der Waals surface area contributed by atoms with Gasteiger partial charge in [0.2, 0.25) is 0 Å². The maximum atomic E-state index is 14.4. The maximum Gasteiger partial charge on any atom is 0.417 e. The Morgan fingerprint density at radius 2 is 1.14 bits per heavy atom. The normalized spacial score (nSPS) is 13.4. The van der Waals surface area contributed by atoms with Crippen molar-refractivity contribution in [1.82, 2.24) is 4.57 Å². The number of imide groups is 1. The van der Waals surface area contributed by atoms with Gasteiger partial charge in [0.1, 0.15) is 0 Å². The minimum atomic E-state index is -5.09. The molecule has 2 heterocycles. The Balaban J connectivity index is 1.31. The number of para-hydroxylation sites is 1. The minimum absolute atomic E-state index is 0.0635. The highest BCUT2D eigenvalue weighted by molar-refractivity contribution is 6.36. The number of amides is 2. The predicted molar refractivity (Wildman–Crippen MR) is 179 cm³/mol. The van der Waals surface area contributed by atoms with E-state index in [-0.39, 0.29) is 22.8 Å². The molecule has 0 saturated carbocycles. The Kier molecular flexibility index (Phi) is 6.97. The molecule has 1 aliphatic rings. The van der Waals surface area contributed by atoms with E-state index >= 15 is 0 Å². The molecule has 10 heteroatoms. The van der Waals surface area contributed by atoms with Crippen LogP contribution in [0.2, 0.25) is 0 Å². The summed E-state index contributed by atoms with van der Waals surface area (Å²) in [6, 6.07) is 34.6. The Morgan fingerprint density at radius 1 is 0.500 bits per heavy atom. The molecule has 2 amide bonds. The lowest BCUT2D eigenvalue weighted by atomic mass is 9.93. The van der Waals surface area contributed by atoms with E-state index in [1.54, 1.807) is 65.2 Å². The lowest BCUT2D eigenvalue weighted by Crippen LogP contribution is -2.29. The van der Waals surface area contributed by atoms with Gasteiger partial charge in [-0.15, -0.1) is 0 Å². The molecule has 8 rings (SSSR count). The van der Waals surface area contributed by atoms with Crippen LogP contribution in [-0.2, 0) is 12.4 Å². The number of anilines is 1. The number of aromatic nitrogens is 1. The summed E-state index contributed by atoms with van der Waals surface area (Å²) in [6.07, 6.45) is -10.1. The Morgan fingerprint density at radius 3 is 1.86 bits per heavy atom. The SMILES string of the molecule is O=C1c2cccc(-n3c4ccccc4c4c(-c5ccc(C(F)(F)F)cc5C(F)(F)F)cccc43)c2C(=O)N1c1ccc(-c2ccccc2)cc1. The Bertz CT molecular complexity index is 2500. The van der Waals surface area contributed by atoms with Crippen molar-refractivity contribution in [1.29, 1.82) is 0 Å². The monoisotopic (exact) mass is 676 g/mol. The van der Waals surface area contributed by atoms with E-state index in [9.17, 15) is 35.9 Å². The molecule has 50 heavy (non-hydrogen) atoms. The average molecular weight is 677 g/mol. The zero-order chi connectivity index (χ0) is 34.9. The number of nitrogens with zero attached hydrogens (tertiary/aromatic N) is 2. The van der Waals surface area contributed by atoms with Gasteiger partial charge < -0.3 is 4.57 Å². The van der Waals surface area contributed by atoms with Crippen molar-refractivity contribution in [3.63, 3.8) is 0 Å². The molecule has 0 spiro atoms. The van der Waals surface area contributed by atoms with Crippen molar-refractivity contribution in [2.45, 2.75) is 12.4 Å². The molecular formula is C40H22F6N2O2. The van der Waals surface area contributed by atoms with Crippen molar-refractivity contribution >= 4 is 39.3 Å². The number of halogens is 6. The van der Waals surface area contributed by atoms with Crippen LogP contribution in [0, 0.1) is 0 Å². The first kappa shape index (κ1) is 31.1. The van der Waals surface area contributed by atoms with E-state index in [0.29, 0.717) is 39.2 Å². The Labute approximate surface area is 280 Å². The molecule has 0 N–H and O–H groups in total. The largest absolute Gasteiger partial charge is 0.417 e. The zero-order valence-electron chi connectivity index (χ0n) is 25.7. The second-order valence-electron chi connectivity index (χ2n) is 11.9. The quantitative estimate of drug-likeness (QED) is 0.138. The van der Waals surface area contributed by atoms with Crippen LogP contribution in [0.4, 0.5) is 32.0 Å². The summed E-state index contributed by atoms with van der Waals surface area (Å²) in [5.74, 6) is -1.10. The van der Waals surface area contributed by atoms with Crippen LogP contribution in [-0.4, -0.2) is 16.4 Å². The molecule has 1 aliphatic heterocycles. The molecular weight excluding hydrogens is 654 g/mol. The van der Waals surface area contributed by atoms with Gasteiger partial charge in [-0.05, 0) is 70.8 Å². The summed E-state index contributed by atoms with van der Waals surface area (Å²) < 4.78 is 85.3. The lowest BCUT2D eigenvalue weighted by Gasteiger charge is -2.17. The summed E-state index contributed by atoms with van der Waals surface area (Å²) in [7, 11) is 0. The number of carbonyl (C=O) groups excluding carboxylic acids is 2. The Hall–Kier alpha value is -6.16. The van der Waals surface area contributed by atoms with Gasteiger partial charge in [0.15, 0.2) is 0 Å². The standard InChI is InChI=1S/C40H22F6N2O2/c41-39(42,43)25-18-21-27(31(22-25)40(44,45)46)28-11-6-14-33-35(28)29-10-4-5-13-32(29)48(33)34-15-7-12-30-36(34)38(50)47(37(30)49)26-19-16-24(17-20-26)23-8-2-1-3-9-23/h1-22H. The van der Waals surface area contributed by atoms with Gasteiger partial charge in [-0.25, -0.2) is 4.90 Å². The van der Waals surface area contributed by atoms with Gasteiger partial charge in [0, 0.05) is 10.8 Å². The highest BCUT2D eigenvalue weighted by Crippen LogP contribution is 2.46. The number of rotatable bonds is 4. The van der Waals surface area contributed by atoms with Crippen LogP contribution >= 0.6 is 0 Å². The summed E-state index contributed by atoms with van der Waals surface area (Å²) in [6.45, 7) is 0. The fourth-order valence-electron chi connectivity index (χ4n) is 6.82. The molecule has 7 aromatic rings. The molecule has 246 valence electrons. The predicted octanol–water partition coefficient (Wildman–Crippen LogP) is 11.0. The fourth-order valence-corrected chi connectivity index (χ4v) is 6.82. The first-order valence-electron chi connectivity index (χ1n) is 15.4. The van der Waals surface area contributed by atoms with Gasteiger partial charge in [0.05, 0.1) is 44.7 Å². The van der Waals surface area contributed by atoms with Crippen LogP contribution in [0.3, 0.4) is 0 Å². The number of hydrogen-bond donors (Lipinski definition) is 0. The first-order chi connectivity index (χ1) is 23.9. The smallest absolute Gasteiger partial charge is 0.308 e. The number of benzene rings is 6. The number of carbonyl (C=O) groups is 2. The zero-order valence-corrected chi connectivity index (χ0v) is 25.7. The van der Waals surface area contributed by atoms with Crippen molar-refractivity contribution in [2.24, 2.45) is 0 Å². The van der Waals surface area contributed by atoms with Gasteiger partial charge >= 0.3 is 12.4 Å². The first-order valence-corrected chi connectivity index (χ1v) is 15.4. The number of alkyl halides is 6. The average Bonchev–Trinajstić information content (AvgIpc) is 3.58. The topological polar surface area (TPSA) is 42.3 Å². The maximum absolute atomic E-state index is 14.4. The lowest BCUT2D eigenvalue weighted by molar-refractivity contribution is -0.142. The third kappa shape index (κ3) is 4.86. The molecule has 1 aromatic heterocycles. The highest BCUT2D eigenvalue weighted by atomic mass is 19.4. The van der Waals surface area contributed by atoms with Crippen LogP contribution in [0.15, 0.2) is 133 Å². The van der Waals surface area contributed by atoms with E-state index in [4.69, 9.17) is 0 Å². The van der Waals surface area contributed by atoms with Crippen LogP contribution < -0.4 is 4.90 Å². The third-order valence-corrected chi connectivity index (χ3v) is 9.01. The van der Waals surface area contributed by atoms with E-state index in [0.717, 1.165) is 22.1 Å². The van der Waals surface area contributed by atoms with Crippen molar-refractivity contribution in [2.75, 3.05) is 4.90 Å². The molecule has 4 nitrogen and oxygen atoms in total. The van der Waals surface area contributed by atoms with E-state index in [1.807, 2.05) is 42.5 Å². The third-order valence-electron chi connectivity index (χ3n) is 9.01. The molecule has 0 aliphatic carbocycles. The van der Waals surface area contributed by atoms with Crippen LogP contribution in [0.1, 0.15) is 31.8 Å². The molecule has 0 bridgehead atoms. The molecule has 0 unspecified atom stereocenters.